The molecule has 0 radical (unpaired) electrons. The zero-order valence-electron chi connectivity index (χ0n) is 36.3. The highest BCUT2D eigenvalue weighted by atomic mass is 16.3. The molecular formula is C59H50N2O. The standard InChI is InChI=1S/C59H50N2O/c1-58(2,3)44-19-25-48(26-20-44)60(46-13-9-7-10-14-46)50-23-17-38-33-52-42(29-40(38)31-50)30-43-35-55-54-34-39-18-24-51(32-41(39)36-56(54)62-57(55)37-53(43)52)61(47-15-11-8-12-16-47)49-27-21-45(22-28-49)59(4,5)6/h7-29,31-37H,30H2,1-6H3. The fraction of sp³-hybridized carbons (Fsp3) is 0.153. The maximum Gasteiger partial charge on any atom is 0.136 e. The van der Waals surface area contributed by atoms with Crippen molar-refractivity contribution < 1.29 is 4.42 Å². The number of anilines is 6. The van der Waals surface area contributed by atoms with E-state index in [4.69, 9.17) is 4.42 Å². The number of benzene rings is 9. The van der Waals surface area contributed by atoms with E-state index in [1.54, 1.807) is 0 Å². The number of para-hydroxylation sites is 2. The Morgan fingerprint density at radius 1 is 0.355 bits per heavy atom. The van der Waals surface area contributed by atoms with Crippen LogP contribution < -0.4 is 9.80 Å². The Bertz CT molecular complexity index is 3310. The molecule has 0 saturated carbocycles. The van der Waals surface area contributed by atoms with Crippen LogP contribution in [0.25, 0.3) is 54.6 Å². The molecule has 0 N–H and O–H groups in total. The minimum Gasteiger partial charge on any atom is -0.456 e. The molecule has 302 valence electrons. The number of fused-ring (bicyclic) bond motifs is 8. The lowest BCUT2D eigenvalue weighted by molar-refractivity contribution is 0.590. The molecule has 3 heteroatoms. The Morgan fingerprint density at radius 3 is 1.31 bits per heavy atom. The first-order chi connectivity index (χ1) is 29.9. The number of furan rings is 1. The van der Waals surface area contributed by atoms with Gasteiger partial charge in [0.05, 0.1) is 0 Å². The van der Waals surface area contributed by atoms with Gasteiger partial charge in [-0.15, -0.1) is 0 Å². The van der Waals surface area contributed by atoms with Crippen LogP contribution in [0, 0.1) is 0 Å². The Balaban J connectivity index is 0.948. The second-order valence-electron chi connectivity index (χ2n) is 19.1. The summed E-state index contributed by atoms with van der Waals surface area (Å²) >= 11 is 0. The van der Waals surface area contributed by atoms with Crippen molar-refractivity contribution in [2.45, 2.75) is 58.8 Å². The molecule has 0 bridgehead atoms. The molecule has 1 aliphatic carbocycles. The predicted molar refractivity (Wildman–Crippen MR) is 264 cm³/mol. The highest BCUT2D eigenvalue weighted by molar-refractivity contribution is 6.12. The van der Waals surface area contributed by atoms with E-state index < -0.39 is 0 Å². The maximum absolute atomic E-state index is 6.74. The average Bonchev–Trinajstić information content (AvgIpc) is 3.80. The molecule has 62 heavy (non-hydrogen) atoms. The lowest BCUT2D eigenvalue weighted by Gasteiger charge is -2.27. The van der Waals surface area contributed by atoms with Gasteiger partial charge in [-0.3, -0.25) is 0 Å². The second-order valence-corrected chi connectivity index (χ2v) is 19.1. The molecule has 0 unspecified atom stereocenters. The molecule has 1 aromatic heterocycles. The summed E-state index contributed by atoms with van der Waals surface area (Å²) in [6.07, 6.45) is 0.896. The molecule has 0 saturated heterocycles. The molecule has 0 spiro atoms. The summed E-state index contributed by atoms with van der Waals surface area (Å²) in [5.41, 5.74) is 16.8. The number of nitrogens with zero attached hydrogens (tertiary/aromatic N) is 2. The third-order valence-electron chi connectivity index (χ3n) is 12.9. The van der Waals surface area contributed by atoms with Crippen LogP contribution in [0.1, 0.15) is 63.8 Å². The van der Waals surface area contributed by atoms with Gasteiger partial charge in [-0.05, 0) is 175 Å². The zero-order chi connectivity index (χ0) is 42.3. The lowest BCUT2D eigenvalue weighted by atomic mass is 9.87. The first-order valence-corrected chi connectivity index (χ1v) is 21.9. The quantitative estimate of drug-likeness (QED) is 0.167. The van der Waals surface area contributed by atoms with E-state index in [1.807, 2.05) is 0 Å². The Hall–Kier alpha value is -7.10. The van der Waals surface area contributed by atoms with Crippen molar-refractivity contribution >= 4 is 77.6 Å². The first-order valence-electron chi connectivity index (χ1n) is 21.9. The summed E-state index contributed by atoms with van der Waals surface area (Å²) in [4.78, 5) is 4.70. The van der Waals surface area contributed by atoms with Crippen molar-refractivity contribution in [3.63, 3.8) is 0 Å². The van der Waals surface area contributed by atoms with Gasteiger partial charge in [0.25, 0.3) is 0 Å². The monoisotopic (exact) mass is 802 g/mol. The van der Waals surface area contributed by atoms with Crippen molar-refractivity contribution in [3.05, 3.63) is 204 Å². The van der Waals surface area contributed by atoms with Gasteiger partial charge in [0.1, 0.15) is 11.2 Å². The summed E-state index contributed by atoms with van der Waals surface area (Å²) in [7, 11) is 0. The smallest absolute Gasteiger partial charge is 0.136 e. The molecule has 1 aliphatic rings. The van der Waals surface area contributed by atoms with E-state index in [2.05, 4.69) is 233 Å². The molecule has 0 aliphatic heterocycles. The van der Waals surface area contributed by atoms with Crippen LogP contribution in [0.15, 0.2) is 186 Å². The SMILES string of the molecule is CC(C)(C)c1ccc(N(c2ccccc2)c2ccc3cc4c(cc3c2)Cc2cc3c(cc2-4)oc2cc4cc(N(c5ccccc5)c5ccc(C(C)(C)C)cc5)ccc4cc23)cc1. The average molecular weight is 803 g/mol. The van der Waals surface area contributed by atoms with Crippen molar-refractivity contribution in [1.82, 2.24) is 0 Å². The topological polar surface area (TPSA) is 19.6 Å². The van der Waals surface area contributed by atoms with E-state index in [0.29, 0.717) is 0 Å². The van der Waals surface area contributed by atoms with Crippen LogP contribution in [0.4, 0.5) is 34.1 Å². The summed E-state index contributed by atoms with van der Waals surface area (Å²) < 4.78 is 6.74. The predicted octanol–water partition coefficient (Wildman–Crippen LogP) is 17.0. The van der Waals surface area contributed by atoms with E-state index in [-0.39, 0.29) is 10.8 Å². The summed E-state index contributed by atoms with van der Waals surface area (Å²) in [6.45, 7) is 13.6. The molecule has 3 nitrogen and oxygen atoms in total. The van der Waals surface area contributed by atoms with Crippen molar-refractivity contribution in [2.24, 2.45) is 0 Å². The molecule has 1 heterocycles. The highest BCUT2D eigenvalue weighted by Crippen LogP contribution is 2.46. The van der Waals surface area contributed by atoms with E-state index in [0.717, 1.165) is 62.5 Å². The van der Waals surface area contributed by atoms with Gasteiger partial charge in [-0.25, -0.2) is 0 Å². The van der Waals surface area contributed by atoms with Crippen molar-refractivity contribution in [2.75, 3.05) is 9.80 Å². The third-order valence-corrected chi connectivity index (χ3v) is 12.9. The van der Waals surface area contributed by atoms with Crippen LogP contribution in [0.3, 0.4) is 0 Å². The van der Waals surface area contributed by atoms with Crippen LogP contribution in [0.2, 0.25) is 0 Å². The summed E-state index contributed by atoms with van der Waals surface area (Å²) in [5.74, 6) is 0. The number of hydrogen-bond donors (Lipinski definition) is 0. The van der Waals surface area contributed by atoms with Crippen LogP contribution in [-0.4, -0.2) is 0 Å². The van der Waals surface area contributed by atoms with Gasteiger partial charge in [-0.2, -0.15) is 0 Å². The van der Waals surface area contributed by atoms with Gasteiger partial charge < -0.3 is 14.2 Å². The molecule has 11 rings (SSSR count). The Morgan fingerprint density at radius 2 is 0.774 bits per heavy atom. The number of hydrogen-bond acceptors (Lipinski definition) is 3. The second kappa shape index (κ2) is 14.2. The van der Waals surface area contributed by atoms with E-state index in [9.17, 15) is 0 Å². The van der Waals surface area contributed by atoms with Crippen LogP contribution in [0.5, 0.6) is 0 Å². The summed E-state index contributed by atoms with van der Waals surface area (Å²) in [6, 6.07) is 67.0. The lowest BCUT2D eigenvalue weighted by Crippen LogP contribution is -2.13. The van der Waals surface area contributed by atoms with Gasteiger partial charge in [-0.1, -0.05) is 120 Å². The Labute approximate surface area is 364 Å². The van der Waals surface area contributed by atoms with Gasteiger partial charge in [0.2, 0.25) is 0 Å². The Kier molecular flexibility index (Phi) is 8.70. The molecule has 10 aromatic rings. The third kappa shape index (κ3) is 6.60. The fourth-order valence-corrected chi connectivity index (χ4v) is 9.48. The maximum atomic E-state index is 6.74. The largest absolute Gasteiger partial charge is 0.456 e. The summed E-state index contributed by atoms with van der Waals surface area (Å²) in [5, 5.41) is 7.15. The first kappa shape index (κ1) is 37.9. The van der Waals surface area contributed by atoms with E-state index >= 15 is 0 Å². The number of rotatable bonds is 6. The van der Waals surface area contributed by atoms with Gasteiger partial charge in [0, 0.05) is 44.9 Å². The van der Waals surface area contributed by atoms with Crippen LogP contribution in [-0.2, 0) is 17.3 Å². The minimum atomic E-state index is 0.0891. The normalized spacial score (nSPS) is 12.6. The molecule has 0 fully saturated rings. The molecular weight excluding hydrogens is 753 g/mol. The molecule has 0 atom stereocenters. The fourth-order valence-electron chi connectivity index (χ4n) is 9.48. The van der Waals surface area contributed by atoms with Gasteiger partial charge in [0.15, 0.2) is 0 Å². The van der Waals surface area contributed by atoms with Crippen molar-refractivity contribution in [1.29, 1.82) is 0 Å². The molecule has 0 amide bonds. The van der Waals surface area contributed by atoms with Crippen LogP contribution >= 0.6 is 0 Å². The highest BCUT2D eigenvalue weighted by Gasteiger charge is 2.24. The zero-order valence-corrected chi connectivity index (χ0v) is 36.3. The van der Waals surface area contributed by atoms with Crippen molar-refractivity contribution in [3.8, 4) is 11.1 Å². The molecule has 9 aromatic carbocycles. The minimum absolute atomic E-state index is 0.0891. The van der Waals surface area contributed by atoms with E-state index in [1.165, 1.54) is 54.9 Å². The van der Waals surface area contributed by atoms with Gasteiger partial charge >= 0.3 is 0 Å².